The van der Waals surface area contributed by atoms with Gasteiger partial charge < -0.3 is 5.11 Å². The summed E-state index contributed by atoms with van der Waals surface area (Å²) in [6.07, 6.45) is -5.03. The van der Waals surface area contributed by atoms with Crippen LogP contribution in [0.4, 0.5) is 13.2 Å². The fraction of sp³-hybridized carbons (Fsp3) is 0.500. The summed E-state index contributed by atoms with van der Waals surface area (Å²) in [5.74, 6) is -0.412. The molecule has 1 aromatic rings. The summed E-state index contributed by atoms with van der Waals surface area (Å²) in [7, 11) is -4.00. The Morgan fingerprint density at radius 3 is 2.37 bits per heavy atom. The molecule has 0 aliphatic rings. The second-order valence-corrected chi connectivity index (χ2v) is 6.38. The van der Waals surface area contributed by atoms with Crippen LogP contribution in [0.2, 0.25) is 0 Å². The van der Waals surface area contributed by atoms with Crippen LogP contribution in [0.1, 0.15) is 25.3 Å². The average Bonchev–Trinajstić information content (AvgIpc) is 2.27. The van der Waals surface area contributed by atoms with Crippen LogP contribution in [0, 0.1) is 0 Å². The first-order valence-electron chi connectivity index (χ1n) is 5.71. The molecule has 1 unspecified atom stereocenters. The van der Waals surface area contributed by atoms with Gasteiger partial charge in [-0.15, -0.1) is 0 Å². The standard InChI is InChI=1S/C12H15F3O3S/c1-9(16)5-4-8-19(17,18)11-7-3-2-6-10(11)12(13,14)15/h2-3,6-7,9,16H,4-5,8H2,1H3. The van der Waals surface area contributed by atoms with E-state index in [2.05, 4.69) is 0 Å². The molecule has 0 amide bonds. The summed E-state index contributed by atoms with van der Waals surface area (Å²) in [4.78, 5) is -0.701. The van der Waals surface area contributed by atoms with Crippen molar-refractivity contribution in [2.45, 2.75) is 36.9 Å². The van der Waals surface area contributed by atoms with Gasteiger partial charge in [0.2, 0.25) is 0 Å². The van der Waals surface area contributed by atoms with Crippen molar-refractivity contribution in [2.75, 3.05) is 5.75 Å². The second-order valence-electron chi connectivity index (χ2n) is 4.30. The van der Waals surface area contributed by atoms with Crippen LogP contribution in [0.25, 0.3) is 0 Å². The third kappa shape index (κ3) is 4.50. The minimum Gasteiger partial charge on any atom is -0.393 e. The summed E-state index contributed by atoms with van der Waals surface area (Å²) >= 11 is 0. The number of sulfone groups is 1. The van der Waals surface area contributed by atoms with Crippen molar-refractivity contribution in [1.29, 1.82) is 0 Å². The molecule has 0 radical (unpaired) electrons. The molecule has 0 saturated heterocycles. The van der Waals surface area contributed by atoms with E-state index < -0.39 is 38.3 Å². The van der Waals surface area contributed by atoms with E-state index in [0.29, 0.717) is 0 Å². The highest BCUT2D eigenvalue weighted by molar-refractivity contribution is 7.91. The molecule has 0 aromatic heterocycles. The normalized spacial score (nSPS) is 14.4. The number of benzene rings is 1. The van der Waals surface area contributed by atoms with Gasteiger partial charge in [0.15, 0.2) is 9.84 Å². The summed E-state index contributed by atoms with van der Waals surface area (Å²) in [5.41, 5.74) is -1.15. The lowest BCUT2D eigenvalue weighted by atomic mass is 10.2. The first-order chi connectivity index (χ1) is 8.64. The predicted molar refractivity (Wildman–Crippen MR) is 64.4 cm³/mol. The lowest BCUT2D eigenvalue weighted by molar-refractivity contribution is -0.139. The first-order valence-corrected chi connectivity index (χ1v) is 7.37. The molecule has 0 aliphatic heterocycles. The minimum atomic E-state index is -4.70. The molecular weight excluding hydrogens is 281 g/mol. The van der Waals surface area contributed by atoms with Crippen LogP contribution in [0.15, 0.2) is 29.2 Å². The van der Waals surface area contributed by atoms with E-state index in [1.54, 1.807) is 0 Å². The molecule has 0 spiro atoms. The number of hydrogen-bond donors (Lipinski definition) is 1. The molecule has 108 valence electrons. The Morgan fingerprint density at radius 2 is 1.84 bits per heavy atom. The third-order valence-electron chi connectivity index (χ3n) is 2.56. The summed E-state index contributed by atoms with van der Waals surface area (Å²) < 4.78 is 62.0. The van der Waals surface area contributed by atoms with E-state index in [1.807, 2.05) is 0 Å². The number of halogens is 3. The van der Waals surface area contributed by atoms with Crippen molar-refractivity contribution in [2.24, 2.45) is 0 Å². The van der Waals surface area contributed by atoms with Crippen LogP contribution in [-0.4, -0.2) is 25.4 Å². The van der Waals surface area contributed by atoms with E-state index in [9.17, 15) is 21.6 Å². The monoisotopic (exact) mass is 296 g/mol. The number of aliphatic hydroxyl groups is 1. The molecule has 7 heteroatoms. The van der Waals surface area contributed by atoms with Crippen LogP contribution < -0.4 is 0 Å². The van der Waals surface area contributed by atoms with Gasteiger partial charge in [0.25, 0.3) is 0 Å². The fourth-order valence-corrected chi connectivity index (χ4v) is 3.22. The molecular formula is C12H15F3O3S. The first kappa shape index (κ1) is 16.0. The van der Waals surface area contributed by atoms with Gasteiger partial charge >= 0.3 is 6.18 Å². The Morgan fingerprint density at radius 1 is 1.26 bits per heavy atom. The van der Waals surface area contributed by atoms with Crippen LogP contribution >= 0.6 is 0 Å². The van der Waals surface area contributed by atoms with Crippen LogP contribution in [-0.2, 0) is 16.0 Å². The summed E-state index contributed by atoms with van der Waals surface area (Å²) in [5, 5.41) is 9.03. The molecule has 1 atom stereocenters. The molecule has 1 N–H and O–H groups in total. The summed E-state index contributed by atoms with van der Waals surface area (Å²) in [6.45, 7) is 1.50. The zero-order valence-corrected chi connectivity index (χ0v) is 11.1. The SMILES string of the molecule is CC(O)CCCS(=O)(=O)c1ccccc1C(F)(F)F. The van der Waals surface area contributed by atoms with Crippen molar-refractivity contribution >= 4 is 9.84 Å². The van der Waals surface area contributed by atoms with E-state index >= 15 is 0 Å². The minimum absolute atomic E-state index is 0.117. The van der Waals surface area contributed by atoms with Gasteiger partial charge in [0.1, 0.15) is 0 Å². The Kier molecular flexibility index (Phi) is 4.98. The van der Waals surface area contributed by atoms with Crippen molar-refractivity contribution in [3.05, 3.63) is 29.8 Å². The van der Waals surface area contributed by atoms with Gasteiger partial charge in [-0.25, -0.2) is 8.42 Å². The van der Waals surface area contributed by atoms with Crippen molar-refractivity contribution < 1.29 is 26.7 Å². The molecule has 0 aliphatic carbocycles. The molecule has 1 aromatic carbocycles. The molecule has 1 rings (SSSR count). The number of aliphatic hydroxyl groups excluding tert-OH is 1. The molecule has 0 bridgehead atoms. The van der Waals surface area contributed by atoms with Gasteiger partial charge in [-0.1, -0.05) is 12.1 Å². The molecule has 0 heterocycles. The maximum atomic E-state index is 12.7. The highest BCUT2D eigenvalue weighted by Gasteiger charge is 2.36. The molecule has 19 heavy (non-hydrogen) atoms. The zero-order chi connectivity index (χ0) is 14.7. The maximum absolute atomic E-state index is 12.7. The largest absolute Gasteiger partial charge is 0.417 e. The van der Waals surface area contributed by atoms with Gasteiger partial charge in [-0.3, -0.25) is 0 Å². The highest BCUT2D eigenvalue weighted by Crippen LogP contribution is 2.34. The second kappa shape index (κ2) is 5.92. The Balaban J connectivity index is 3.02. The lowest BCUT2D eigenvalue weighted by Gasteiger charge is -2.13. The summed E-state index contributed by atoms with van der Waals surface area (Å²) in [6, 6.07) is 4.12. The zero-order valence-electron chi connectivity index (χ0n) is 10.3. The predicted octanol–water partition coefficient (Wildman–Crippen LogP) is 2.64. The quantitative estimate of drug-likeness (QED) is 0.909. The smallest absolute Gasteiger partial charge is 0.393 e. The number of rotatable bonds is 5. The van der Waals surface area contributed by atoms with Crippen molar-refractivity contribution in [3.8, 4) is 0 Å². The third-order valence-corrected chi connectivity index (χ3v) is 4.41. The maximum Gasteiger partial charge on any atom is 0.417 e. The Hall–Kier alpha value is -1.08. The van der Waals surface area contributed by atoms with Gasteiger partial charge in [-0.2, -0.15) is 13.2 Å². The van der Waals surface area contributed by atoms with Crippen LogP contribution in [0.3, 0.4) is 0 Å². The van der Waals surface area contributed by atoms with E-state index in [4.69, 9.17) is 5.11 Å². The van der Waals surface area contributed by atoms with Gasteiger partial charge in [0, 0.05) is 0 Å². The van der Waals surface area contributed by atoms with Gasteiger partial charge in [-0.05, 0) is 31.9 Å². The lowest BCUT2D eigenvalue weighted by Crippen LogP contribution is -2.16. The number of alkyl halides is 3. The van der Waals surface area contributed by atoms with E-state index in [1.165, 1.54) is 13.0 Å². The number of hydrogen-bond acceptors (Lipinski definition) is 3. The Labute approximate surface area is 110 Å². The molecule has 0 saturated carbocycles. The Bertz CT molecular complexity index is 521. The van der Waals surface area contributed by atoms with E-state index in [0.717, 1.165) is 18.2 Å². The topological polar surface area (TPSA) is 54.4 Å². The average molecular weight is 296 g/mol. The van der Waals surface area contributed by atoms with E-state index in [-0.39, 0.29) is 12.8 Å². The molecule has 0 fully saturated rings. The van der Waals surface area contributed by atoms with Crippen molar-refractivity contribution in [3.63, 3.8) is 0 Å². The molecule has 3 nitrogen and oxygen atoms in total. The van der Waals surface area contributed by atoms with Crippen LogP contribution in [0.5, 0.6) is 0 Å². The van der Waals surface area contributed by atoms with Gasteiger partial charge in [0.05, 0.1) is 22.3 Å². The highest BCUT2D eigenvalue weighted by atomic mass is 32.2. The van der Waals surface area contributed by atoms with Crippen molar-refractivity contribution in [1.82, 2.24) is 0 Å². The fourth-order valence-electron chi connectivity index (χ4n) is 1.65.